The van der Waals surface area contributed by atoms with Crippen LogP contribution >= 0.6 is 0 Å². The quantitative estimate of drug-likeness (QED) is 0.870. The highest BCUT2D eigenvalue weighted by atomic mass is 16.5. The molecule has 1 aromatic heterocycles. The molecule has 0 aliphatic carbocycles. The molecule has 1 saturated heterocycles. The van der Waals surface area contributed by atoms with Gasteiger partial charge >= 0.3 is 0 Å². The Morgan fingerprint density at radius 1 is 1.33 bits per heavy atom. The van der Waals surface area contributed by atoms with E-state index >= 15 is 0 Å². The first-order valence-corrected chi connectivity index (χ1v) is 6.92. The van der Waals surface area contributed by atoms with Crippen LogP contribution in [-0.4, -0.2) is 29.7 Å². The van der Waals surface area contributed by atoms with E-state index in [0.717, 1.165) is 56.4 Å². The lowest BCUT2D eigenvalue weighted by molar-refractivity contribution is 0.185. The van der Waals surface area contributed by atoms with Gasteiger partial charge in [-0.1, -0.05) is 6.92 Å². The number of rotatable bonds is 5. The first-order valence-electron chi connectivity index (χ1n) is 6.92. The normalized spacial score (nSPS) is 19.2. The fraction of sp³-hybridized carbons (Fsp3) is 0.714. The standard InChI is InChI=1S/C14H23N3O/c1-4-12-10(3)14(15-5-2)17-13(16-12)8-11-6-7-18-9-11/h11H,4-9H2,1-3H3,(H,15,16,17). The van der Waals surface area contributed by atoms with Gasteiger partial charge in [-0.25, -0.2) is 9.97 Å². The van der Waals surface area contributed by atoms with Crippen molar-refractivity contribution in [3.05, 3.63) is 17.1 Å². The third-order valence-corrected chi connectivity index (χ3v) is 3.47. The van der Waals surface area contributed by atoms with Crippen molar-refractivity contribution in [3.8, 4) is 0 Å². The molecule has 0 aromatic carbocycles. The van der Waals surface area contributed by atoms with Crippen molar-refractivity contribution in [2.75, 3.05) is 25.1 Å². The molecule has 1 aliphatic heterocycles. The van der Waals surface area contributed by atoms with Crippen LogP contribution in [0, 0.1) is 12.8 Å². The molecule has 4 heteroatoms. The molecule has 1 atom stereocenters. The fourth-order valence-electron chi connectivity index (χ4n) is 2.39. The van der Waals surface area contributed by atoms with E-state index in [-0.39, 0.29) is 0 Å². The van der Waals surface area contributed by atoms with Crippen molar-refractivity contribution in [3.63, 3.8) is 0 Å². The predicted octanol–water partition coefficient (Wildman–Crippen LogP) is 2.36. The number of ether oxygens (including phenoxy) is 1. The van der Waals surface area contributed by atoms with Crippen LogP contribution in [0.1, 0.15) is 37.4 Å². The minimum Gasteiger partial charge on any atom is -0.381 e. The van der Waals surface area contributed by atoms with E-state index in [1.54, 1.807) is 0 Å². The first kappa shape index (κ1) is 13.3. The van der Waals surface area contributed by atoms with Gasteiger partial charge in [-0.05, 0) is 32.6 Å². The molecule has 0 saturated carbocycles. The maximum Gasteiger partial charge on any atom is 0.132 e. The van der Waals surface area contributed by atoms with Gasteiger partial charge in [0, 0.05) is 37.4 Å². The first-order chi connectivity index (χ1) is 8.74. The Kier molecular flexibility index (Phi) is 4.53. The Balaban J connectivity index is 2.20. The van der Waals surface area contributed by atoms with Crippen molar-refractivity contribution in [2.45, 2.75) is 40.0 Å². The van der Waals surface area contributed by atoms with Gasteiger partial charge in [-0.3, -0.25) is 0 Å². The highest BCUT2D eigenvalue weighted by molar-refractivity contribution is 5.45. The second kappa shape index (κ2) is 6.14. The third kappa shape index (κ3) is 2.99. The second-order valence-electron chi connectivity index (χ2n) is 4.88. The van der Waals surface area contributed by atoms with Crippen LogP contribution in [0.15, 0.2) is 0 Å². The molecule has 0 radical (unpaired) electrons. The summed E-state index contributed by atoms with van der Waals surface area (Å²) in [6.45, 7) is 8.98. The van der Waals surface area contributed by atoms with Crippen molar-refractivity contribution < 1.29 is 4.74 Å². The van der Waals surface area contributed by atoms with Gasteiger partial charge in [0.15, 0.2) is 0 Å². The summed E-state index contributed by atoms with van der Waals surface area (Å²) in [5.74, 6) is 2.55. The summed E-state index contributed by atoms with van der Waals surface area (Å²) in [6.07, 6.45) is 3.03. The van der Waals surface area contributed by atoms with Gasteiger partial charge in [-0.2, -0.15) is 0 Å². The SMILES string of the molecule is CCNc1nc(CC2CCOC2)nc(CC)c1C. The third-order valence-electron chi connectivity index (χ3n) is 3.47. The van der Waals surface area contributed by atoms with Gasteiger partial charge in [0.1, 0.15) is 11.6 Å². The van der Waals surface area contributed by atoms with E-state index in [1.165, 1.54) is 5.56 Å². The van der Waals surface area contributed by atoms with E-state index in [2.05, 4.69) is 31.1 Å². The summed E-state index contributed by atoms with van der Waals surface area (Å²) in [4.78, 5) is 9.35. The van der Waals surface area contributed by atoms with E-state index in [1.807, 2.05) is 0 Å². The lowest BCUT2D eigenvalue weighted by atomic mass is 10.0. The number of nitrogens with zero attached hydrogens (tertiary/aromatic N) is 2. The molecule has 1 aliphatic rings. The summed E-state index contributed by atoms with van der Waals surface area (Å²) < 4.78 is 5.42. The second-order valence-corrected chi connectivity index (χ2v) is 4.88. The van der Waals surface area contributed by atoms with Crippen LogP contribution in [0.2, 0.25) is 0 Å². The molecule has 0 spiro atoms. The van der Waals surface area contributed by atoms with E-state index in [9.17, 15) is 0 Å². The average molecular weight is 249 g/mol. The zero-order valence-corrected chi connectivity index (χ0v) is 11.6. The zero-order chi connectivity index (χ0) is 13.0. The van der Waals surface area contributed by atoms with Gasteiger partial charge in [-0.15, -0.1) is 0 Å². The summed E-state index contributed by atoms with van der Waals surface area (Å²) in [6, 6.07) is 0. The molecule has 18 heavy (non-hydrogen) atoms. The molecule has 2 rings (SSSR count). The maximum absolute atomic E-state index is 5.42. The highest BCUT2D eigenvalue weighted by Gasteiger charge is 2.18. The lowest BCUT2D eigenvalue weighted by Crippen LogP contribution is -2.13. The molecule has 1 aromatic rings. The van der Waals surface area contributed by atoms with Crippen molar-refractivity contribution >= 4 is 5.82 Å². The summed E-state index contributed by atoms with van der Waals surface area (Å²) in [7, 11) is 0. The molecule has 1 N–H and O–H groups in total. The molecule has 0 amide bonds. The summed E-state index contributed by atoms with van der Waals surface area (Å²) in [5.41, 5.74) is 2.35. The molecule has 4 nitrogen and oxygen atoms in total. The number of hydrogen-bond acceptors (Lipinski definition) is 4. The van der Waals surface area contributed by atoms with Crippen LogP contribution in [-0.2, 0) is 17.6 Å². The van der Waals surface area contributed by atoms with Gasteiger partial charge in [0.05, 0.1) is 0 Å². The minimum absolute atomic E-state index is 0.590. The van der Waals surface area contributed by atoms with Crippen molar-refractivity contribution in [1.29, 1.82) is 0 Å². The van der Waals surface area contributed by atoms with Crippen LogP contribution in [0.25, 0.3) is 0 Å². The fourth-order valence-corrected chi connectivity index (χ4v) is 2.39. The predicted molar refractivity (Wildman–Crippen MR) is 72.9 cm³/mol. The Hall–Kier alpha value is -1.16. The zero-order valence-electron chi connectivity index (χ0n) is 11.6. The van der Waals surface area contributed by atoms with Crippen molar-refractivity contribution in [1.82, 2.24) is 9.97 Å². The largest absolute Gasteiger partial charge is 0.381 e. The number of aromatic nitrogens is 2. The van der Waals surface area contributed by atoms with Crippen LogP contribution < -0.4 is 5.32 Å². The molecular weight excluding hydrogens is 226 g/mol. The van der Waals surface area contributed by atoms with Gasteiger partial charge in [0.25, 0.3) is 0 Å². The number of hydrogen-bond donors (Lipinski definition) is 1. The number of aryl methyl sites for hydroxylation is 1. The van der Waals surface area contributed by atoms with Crippen LogP contribution in [0.3, 0.4) is 0 Å². The highest BCUT2D eigenvalue weighted by Crippen LogP contribution is 2.20. The van der Waals surface area contributed by atoms with Crippen molar-refractivity contribution in [2.24, 2.45) is 5.92 Å². The lowest BCUT2D eigenvalue weighted by Gasteiger charge is -2.13. The summed E-state index contributed by atoms with van der Waals surface area (Å²) >= 11 is 0. The molecule has 100 valence electrons. The molecule has 1 unspecified atom stereocenters. The Morgan fingerprint density at radius 2 is 2.17 bits per heavy atom. The smallest absolute Gasteiger partial charge is 0.132 e. The van der Waals surface area contributed by atoms with E-state index in [4.69, 9.17) is 9.72 Å². The van der Waals surface area contributed by atoms with E-state index < -0.39 is 0 Å². The van der Waals surface area contributed by atoms with Gasteiger partial charge in [0.2, 0.25) is 0 Å². The van der Waals surface area contributed by atoms with Crippen LogP contribution in [0.5, 0.6) is 0 Å². The Labute approximate surface area is 109 Å². The van der Waals surface area contributed by atoms with E-state index in [0.29, 0.717) is 5.92 Å². The Bertz CT molecular complexity index is 400. The maximum atomic E-state index is 5.42. The summed E-state index contributed by atoms with van der Waals surface area (Å²) in [5, 5.41) is 3.33. The molecule has 2 heterocycles. The minimum atomic E-state index is 0.590. The molecular formula is C14H23N3O. The number of nitrogens with one attached hydrogen (secondary N) is 1. The Morgan fingerprint density at radius 3 is 2.78 bits per heavy atom. The molecule has 0 bridgehead atoms. The number of anilines is 1. The average Bonchev–Trinajstić information content (AvgIpc) is 2.86. The monoisotopic (exact) mass is 249 g/mol. The topological polar surface area (TPSA) is 47.0 Å². The molecule has 1 fully saturated rings. The van der Waals surface area contributed by atoms with Gasteiger partial charge < -0.3 is 10.1 Å². The van der Waals surface area contributed by atoms with Crippen LogP contribution in [0.4, 0.5) is 5.82 Å².